The number of amides is 1. The van der Waals surface area contributed by atoms with Crippen molar-refractivity contribution >= 4 is 40.1 Å². The number of hydrogen-bond donors (Lipinski definition) is 4. The van der Waals surface area contributed by atoms with Gasteiger partial charge in [0.1, 0.15) is 5.75 Å². The quantitative estimate of drug-likeness (QED) is 0.317. The summed E-state index contributed by atoms with van der Waals surface area (Å²) in [5.74, 6) is -0.154. The first-order valence-electron chi connectivity index (χ1n) is 11.4. The Morgan fingerprint density at radius 1 is 1.03 bits per heavy atom. The summed E-state index contributed by atoms with van der Waals surface area (Å²) in [5.41, 5.74) is 3.80. The molecule has 3 aromatic rings. The van der Waals surface area contributed by atoms with Crippen molar-refractivity contribution in [3.63, 3.8) is 0 Å². The van der Waals surface area contributed by atoms with Crippen LogP contribution in [0.25, 0.3) is 22.0 Å². The number of rotatable bonds is 6. The molecule has 0 saturated heterocycles. The van der Waals surface area contributed by atoms with Crippen molar-refractivity contribution in [1.29, 1.82) is 0 Å². The number of halogens is 1. The molecule has 0 spiro atoms. The molecular formula is C26H28ClN3O4. The molecule has 7 nitrogen and oxygen atoms in total. The lowest BCUT2D eigenvalue weighted by Gasteiger charge is -2.30. The molecule has 34 heavy (non-hydrogen) atoms. The van der Waals surface area contributed by atoms with E-state index in [4.69, 9.17) is 16.7 Å². The first kappa shape index (κ1) is 23.8. The number of Topliss-reactive ketones (excluding diaryl/α,β-unsaturated/α-hetero) is 1. The summed E-state index contributed by atoms with van der Waals surface area (Å²) in [5, 5.41) is 26.0. The van der Waals surface area contributed by atoms with Crippen molar-refractivity contribution in [2.45, 2.75) is 51.6 Å². The van der Waals surface area contributed by atoms with Gasteiger partial charge in [-0.2, -0.15) is 0 Å². The fraction of sp³-hybridized carbons (Fsp3) is 0.346. The fourth-order valence-corrected chi connectivity index (χ4v) is 4.65. The zero-order chi connectivity index (χ0) is 24.4. The van der Waals surface area contributed by atoms with Gasteiger partial charge in [-0.15, -0.1) is 0 Å². The van der Waals surface area contributed by atoms with Crippen LogP contribution in [0, 0.1) is 5.92 Å². The number of fused-ring (bicyclic) bond motifs is 1. The number of phenols is 1. The van der Waals surface area contributed by atoms with E-state index in [1.807, 2.05) is 32.0 Å². The second-order valence-corrected chi connectivity index (χ2v) is 9.51. The second-order valence-electron chi connectivity index (χ2n) is 9.11. The van der Waals surface area contributed by atoms with Crippen molar-refractivity contribution in [3.05, 3.63) is 53.2 Å². The predicted octanol–water partition coefficient (Wildman–Crippen LogP) is 6.09. The topological polar surface area (TPSA) is 112 Å². The van der Waals surface area contributed by atoms with Crippen molar-refractivity contribution in [1.82, 2.24) is 10.3 Å². The Hall–Kier alpha value is -3.32. The van der Waals surface area contributed by atoms with E-state index in [1.54, 1.807) is 24.4 Å². The molecule has 0 aliphatic heterocycles. The van der Waals surface area contributed by atoms with Crippen LogP contribution in [0.15, 0.2) is 42.6 Å². The summed E-state index contributed by atoms with van der Waals surface area (Å²) in [6.45, 7) is 3.74. The lowest BCUT2D eigenvalue weighted by Crippen LogP contribution is -2.39. The van der Waals surface area contributed by atoms with Gasteiger partial charge >= 0.3 is 6.09 Å². The van der Waals surface area contributed by atoms with E-state index >= 15 is 0 Å². The molecule has 0 unspecified atom stereocenters. The molecule has 4 N–H and O–H groups in total. The standard InChI is InChI=1S/C26H28ClN3O4/c1-14(2)25(32)20-13-28-22-9-3-15(16-4-10-23(31)21(27)12-16)11-19(22)24(20)29-17-5-7-18(8-6-17)30-26(33)34/h3-4,9-14,17-18,30-31H,5-8H2,1-2H3,(H,28,29)(H,33,34)/t17-,18-. The molecule has 1 saturated carbocycles. The molecule has 1 aliphatic rings. The molecule has 1 fully saturated rings. The molecule has 8 heteroatoms. The number of carboxylic acid groups (broad SMARTS) is 1. The maximum atomic E-state index is 13.1. The van der Waals surface area contributed by atoms with E-state index in [9.17, 15) is 14.7 Å². The number of nitrogens with zero attached hydrogens (tertiary/aromatic N) is 1. The molecule has 0 radical (unpaired) electrons. The third-order valence-electron chi connectivity index (χ3n) is 6.34. The highest BCUT2D eigenvalue weighted by Crippen LogP contribution is 2.35. The number of ketones is 1. The molecule has 0 bridgehead atoms. The lowest BCUT2D eigenvalue weighted by atomic mass is 9.90. The van der Waals surface area contributed by atoms with Gasteiger partial charge in [0, 0.05) is 29.6 Å². The van der Waals surface area contributed by atoms with Gasteiger partial charge in [-0.1, -0.05) is 37.6 Å². The van der Waals surface area contributed by atoms with Crippen LogP contribution in [0.4, 0.5) is 10.5 Å². The number of hydrogen-bond acceptors (Lipinski definition) is 5. The summed E-state index contributed by atoms with van der Waals surface area (Å²) in [6.07, 6.45) is 3.69. The predicted molar refractivity (Wildman–Crippen MR) is 134 cm³/mol. The van der Waals surface area contributed by atoms with E-state index in [-0.39, 0.29) is 34.6 Å². The van der Waals surface area contributed by atoms with Gasteiger partial charge in [0.2, 0.25) is 0 Å². The van der Waals surface area contributed by atoms with Gasteiger partial charge in [0.25, 0.3) is 0 Å². The van der Waals surface area contributed by atoms with Crippen LogP contribution in [0.5, 0.6) is 5.75 Å². The van der Waals surface area contributed by atoms with Gasteiger partial charge in [-0.25, -0.2) is 4.79 Å². The third kappa shape index (κ3) is 5.09. The Balaban J connectivity index is 1.73. The van der Waals surface area contributed by atoms with Crippen LogP contribution in [0.2, 0.25) is 5.02 Å². The SMILES string of the molecule is CC(C)C(=O)c1cnc2ccc(-c3ccc(O)c(Cl)c3)cc2c1N[C@H]1CC[C@H](NC(=O)O)CC1. The average Bonchev–Trinajstić information content (AvgIpc) is 2.81. The summed E-state index contributed by atoms with van der Waals surface area (Å²) in [6, 6.07) is 11.0. The van der Waals surface area contributed by atoms with Crippen LogP contribution in [-0.2, 0) is 0 Å². The minimum atomic E-state index is -0.997. The first-order chi connectivity index (χ1) is 16.2. The summed E-state index contributed by atoms with van der Waals surface area (Å²) >= 11 is 6.13. The van der Waals surface area contributed by atoms with E-state index in [0.717, 1.165) is 53.4 Å². The highest BCUT2D eigenvalue weighted by molar-refractivity contribution is 6.32. The van der Waals surface area contributed by atoms with E-state index in [2.05, 4.69) is 15.6 Å². The number of nitrogens with one attached hydrogen (secondary N) is 2. The zero-order valence-electron chi connectivity index (χ0n) is 19.1. The van der Waals surface area contributed by atoms with Crippen LogP contribution in [-0.4, -0.2) is 39.2 Å². The molecule has 178 valence electrons. The Bertz CT molecular complexity index is 1240. The highest BCUT2D eigenvalue weighted by atomic mass is 35.5. The van der Waals surface area contributed by atoms with Crippen LogP contribution < -0.4 is 10.6 Å². The second kappa shape index (κ2) is 9.89. The van der Waals surface area contributed by atoms with Gasteiger partial charge < -0.3 is 20.8 Å². The number of carbonyl (C=O) groups excluding carboxylic acids is 1. The molecular weight excluding hydrogens is 454 g/mol. The number of benzene rings is 2. The normalized spacial score (nSPS) is 18.1. The Kier molecular flexibility index (Phi) is 6.93. The average molecular weight is 482 g/mol. The molecule has 4 rings (SSSR count). The lowest BCUT2D eigenvalue weighted by molar-refractivity contribution is 0.0940. The van der Waals surface area contributed by atoms with Crippen LogP contribution >= 0.6 is 11.6 Å². The van der Waals surface area contributed by atoms with Gasteiger partial charge in [0.15, 0.2) is 5.78 Å². The van der Waals surface area contributed by atoms with Crippen molar-refractivity contribution in [3.8, 4) is 16.9 Å². The largest absolute Gasteiger partial charge is 0.506 e. The number of carbonyl (C=O) groups is 2. The monoisotopic (exact) mass is 481 g/mol. The molecule has 1 amide bonds. The summed E-state index contributed by atoms with van der Waals surface area (Å²) < 4.78 is 0. The van der Waals surface area contributed by atoms with E-state index in [1.165, 1.54) is 0 Å². The van der Waals surface area contributed by atoms with Gasteiger partial charge in [-0.3, -0.25) is 9.78 Å². The molecule has 0 atom stereocenters. The minimum Gasteiger partial charge on any atom is -0.506 e. The smallest absolute Gasteiger partial charge is 0.404 e. The van der Waals surface area contributed by atoms with Crippen LogP contribution in [0.1, 0.15) is 49.9 Å². The molecule has 1 aromatic heterocycles. The number of pyridine rings is 1. The Labute approximate surface area is 203 Å². The van der Waals surface area contributed by atoms with Crippen molar-refractivity contribution in [2.75, 3.05) is 5.32 Å². The van der Waals surface area contributed by atoms with E-state index < -0.39 is 6.09 Å². The maximum absolute atomic E-state index is 13.1. The fourth-order valence-electron chi connectivity index (χ4n) is 4.47. The van der Waals surface area contributed by atoms with Gasteiger partial charge in [0.05, 0.1) is 21.8 Å². The zero-order valence-corrected chi connectivity index (χ0v) is 19.9. The number of aromatic hydroxyl groups is 1. The van der Waals surface area contributed by atoms with Crippen molar-refractivity contribution in [2.24, 2.45) is 5.92 Å². The highest BCUT2D eigenvalue weighted by Gasteiger charge is 2.25. The third-order valence-corrected chi connectivity index (χ3v) is 6.64. The summed E-state index contributed by atoms with van der Waals surface area (Å²) in [7, 11) is 0. The minimum absolute atomic E-state index is 0.0104. The summed E-state index contributed by atoms with van der Waals surface area (Å²) in [4.78, 5) is 28.6. The molecule has 2 aromatic carbocycles. The van der Waals surface area contributed by atoms with Crippen molar-refractivity contribution < 1.29 is 19.8 Å². The Morgan fingerprint density at radius 3 is 2.32 bits per heavy atom. The number of aromatic nitrogens is 1. The Morgan fingerprint density at radius 2 is 1.68 bits per heavy atom. The molecule has 1 heterocycles. The molecule has 1 aliphatic carbocycles. The maximum Gasteiger partial charge on any atom is 0.404 e. The van der Waals surface area contributed by atoms with E-state index in [0.29, 0.717) is 5.56 Å². The number of phenolic OH excluding ortho intramolecular Hbond substituents is 1. The number of anilines is 1. The van der Waals surface area contributed by atoms with Crippen LogP contribution in [0.3, 0.4) is 0 Å². The van der Waals surface area contributed by atoms with Gasteiger partial charge in [-0.05, 0) is 61.1 Å². The first-order valence-corrected chi connectivity index (χ1v) is 11.8.